The van der Waals surface area contributed by atoms with Crippen molar-refractivity contribution >= 4 is 10.8 Å². The summed E-state index contributed by atoms with van der Waals surface area (Å²) < 4.78 is 13.9. The van der Waals surface area contributed by atoms with Crippen molar-refractivity contribution in [3.8, 4) is 0 Å². The van der Waals surface area contributed by atoms with E-state index in [-0.39, 0.29) is 5.82 Å². The van der Waals surface area contributed by atoms with Crippen LogP contribution in [-0.2, 0) is 0 Å². The monoisotopic (exact) mass is 284 g/mol. The van der Waals surface area contributed by atoms with Gasteiger partial charge in [-0.25, -0.2) is 4.39 Å². The minimum Gasteiger partial charge on any atom is -0.388 e. The fourth-order valence-corrected chi connectivity index (χ4v) is 4.66. The summed E-state index contributed by atoms with van der Waals surface area (Å²) >= 11 is 0. The van der Waals surface area contributed by atoms with Crippen molar-refractivity contribution < 1.29 is 9.50 Å². The normalized spacial score (nSPS) is 29.1. The molecular weight excluding hydrogens is 263 g/mol. The third-order valence-corrected chi connectivity index (χ3v) is 5.67. The molecule has 1 N–H and O–H groups in total. The van der Waals surface area contributed by atoms with E-state index in [2.05, 4.69) is 0 Å². The Balaban J connectivity index is 1.62. The Hall–Kier alpha value is -1.41. The topological polar surface area (TPSA) is 20.2 Å². The number of rotatable bonds is 3. The fraction of sp³-hybridized carbons (Fsp3) is 0.474. The number of hydrogen-bond donors (Lipinski definition) is 1. The van der Waals surface area contributed by atoms with Crippen LogP contribution in [0.25, 0.3) is 10.8 Å². The third-order valence-electron chi connectivity index (χ3n) is 5.67. The highest BCUT2D eigenvalue weighted by Crippen LogP contribution is 2.51. The average molecular weight is 284 g/mol. The first-order chi connectivity index (χ1) is 10.2. The molecule has 2 bridgehead atoms. The van der Waals surface area contributed by atoms with Crippen molar-refractivity contribution in [2.24, 2.45) is 17.8 Å². The van der Waals surface area contributed by atoms with Gasteiger partial charge in [-0.15, -0.1) is 0 Å². The van der Waals surface area contributed by atoms with Crippen LogP contribution in [0.15, 0.2) is 36.4 Å². The Morgan fingerprint density at radius 1 is 1.05 bits per heavy atom. The molecule has 0 saturated heterocycles. The van der Waals surface area contributed by atoms with E-state index in [1.807, 2.05) is 18.2 Å². The van der Waals surface area contributed by atoms with E-state index >= 15 is 0 Å². The molecule has 1 nitrogen and oxygen atoms in total. The van der Waals surface area contributed by atoms with Crippen molar-refractivity contribution in [3.63, 3.8) is 0 Å². The molecule has 0 amide bonds. The van der Waals surface area contributed by atoms with Gasteiger partial charge in [0, 0.05) is 5.39 Å². The minimum absolute atomic E-state index is 0.207. The van der Waals surface area contributed by atoms with Gasteiger partial charge in [0.1, 0.15) is 5.82 Å². The average Bonchev–Trinajstić information content (AvgIpc) is 3.10. The summed E-state index contributed by atoms with van der Waals surface area (Å²) in [6.45, 7) is 0. The van der Waals surface area contributed by atoms with Gasteiger partial charge in [-0.3, -0.25) is 0 Å². The predicted molar refractivity (Wildman–Crippen MR) is 82.4 cm³/mol. The van der Waals surface area contributed by atoms with Crippen LogP contribution in [0, 0.1) is 23.6 Å². The molecule has 4 unspecified atom stereocenters. The van der Waals surface area contributed by atoms with Crippen LogP contribution >= 0.6 is 0 Å². The zero-order chi connectivity index (χ0) is 14.4. The van der Waals surface area contributed by atoms with Crippen molar-refractivity contribution in [1.82, 2.24) is 0 Å². The number of aliphatic hydroxyl groups is 1. The maximum absolute atomic E-state index is 13.9. The van der Waals surface area contributed by atoms with Gasteiger partial charge in [0.15, 0.2) is 0 Å². The highest BCUT2D eigenvalue weighted by molar-refractivity contribution is 5.86. The maximum atomic E-state index is 13.9. The summed E-state index contributed by atoms with van der Waals surface area (Å²) in [4.78, 5) is 0. The maximum Gasteiger partial charge on any atom is 0.131 e. The molecule has 2 aromatic carbocycles. The first-order valence-electron chi connectivity index (χ1n) is 8.07. The van der Waals surface area contributed by atoms with E-state index in [1.54, 1.807) is 12.1 Å². The van der Waals surface area contributed by atoms with Gasteiger partial charge >= 0.3 is 0 Å². The Morgan fingerprint density at radius 3 is 2.57 bits per heavy atom. The number of aliphatic hydroxyl groups excluding tert-OH is 1. The first-order valence-corrected chi connectivity index (χ1v) is 8.07. The highest BCUT2D eigenvalue weighted by atomic mass is 19.1. The lowest BCUT2D eigenvalue weighted by atomic mass is 9.83. The molecule has 110 valence electrons. The summed E-state index contributed by atoms with van der Waals surface area (Å²) in [6, 6.07) is 10.7. The molecule has 0 aliphatic heterocycles. The number of benzene rings is 2. The number of fused-ring (bicyclic) bond motifs is 3. The van der Waals surface area contributed by atoms with Gasteiger partial charge in [0.25, 0.3) is 0 Å². The van der Waals surface area contributed by atoms with Gasteiger partial charge in [-0.2, -0.15) is 0 Å². The van der Waals surface area contributed by atoms with Crippen molar-refractivity contribution in [2.75, 3.05) is 0 Å². The van der Waals surface area contributed by atoms with E-state index in [9.17, 15) is 9.50 Å². The largest absolute Gasteiger partial charge is 0.388 e. The van der Waals surface area contributed by atoms with Crippen molar-refractivity contribution in [1.29, 1.82) is 0 Å². The first kappa shape index (κ1) is 13.3. The molecule has 0 aromatic heterocycles. The summed E-state index contributed by atoms with van der Waals surface area (Å²) in [5.74, 6) is 2.16. The second-order valence-corrected chi connectivity index (χ2v) is 6.87. The predicted octanol–water partition coefficient (Wildman–Crippen LogP) is 4.84. The van der Waals surface area contributed by atoms with Gasteiger partial charge < -0.3 is 5.11 Å². The van der Waals surface area contributed by atoms with Crippen molar-refractivity contribution in [3.05, 3.63) is 47.8 Å². The van der Waals surface area contributed by atoms with E-state index in [1.165, 1.54) is 31.7 Å². The van der Waals surface area contributed by atoms with Crippen LogP contribution in [0.3, 0.4) is 0 Å². The minimum atomic E-state index is -0.472. The number of halogens is 1. The zero-order valence-corrected chi connectivity index (χ0v) is 12.1. The lowest BCUT2D eigenvalue weighted by molar-refractivity contribution is 0.127. The van der Waals surface area contributed by atoms with Gasteiger partial charge in [0.05, 0.1) is 6.10 Å². The molecular formula is C19H21FO. The molecule has 0 spiro atoms. The van der Waals surface area contributed by atoms with Crippen LogP contribution in [-0.4, -0.2) is 5.11 Å². The second kappa shape index (κ2) is 5.10. The second-order valence-electron chi connectivity index (χ2n) is 6.87. The molecule has 2 aromatic rings. The van der Waals surface area contributed by atoms with Gasteiger partial charge in [-0.1, -0.05) is 36.8 Å². The number of hydrogen-bond acceptors (Lipinski definition) is 1. The SMILES string of the molecule is OC(CC1CC2CCC1C2)c1ccc(F)c2ccccc12. The molecule has 21 heavy (non-hydrogen) atoms. The zero-order valence-electron chi connectivity index (χ0n) is 12.1. The standard InChI is InChI=1S/C19H21FO/c20-18-8-7-17(15-3-1-2-4-16(15)18)19(21)11-14-10-12-5-6-13(14)9-12/h1-4,7-8,12-14,19,21H,5-6,9-11H2. The summed E-state index contributed by atoms with van der Waals surface area (Å²) in [5, 5.41) is 12.1. The van der Waals surface area contributed by atoms with Crippen LogP contribution < -0.4 is 0 Å². The van der Waals surface area contributed by atoms with Gasteiger partial charge in [0.2, 0.25) is 0 Å². The Bertz CT molecular complexity index is 666. The Labute approximate surface area is 124 Å². The molecule has 2 saturated carbocycles. The lowest BCUT2D eigenvalue weighted by Gasteiger charge is -2.25. The molecule has 4 atom stereocenters. The van der Waals surface area contributed by atoms with Crippen LogP contribution in [0.4, 0.5) is 4.39 Å². The molecule has 2 heteroatoms. The lowest BCUT2D eigenvalue weighted by Crippen LogP contribution is -2.14. The van der Waals surface area contributed by atoms with Crippen molar-refractivity contribution in [2.45, 2.75) is 38.2 Å². The Morgan fingerprint density at radius 2 is 1.86 bits per heavy atom. The summed E-state index contributed by atoms with van der Waals surface area (Å²) in [7, 11) is 0. The summed E-state index contributed by atoms with van der Waals surface area (Å²) in [5.41, 5.74) is 0.884. The molecule has 4 rings (SSSR count). The Kier molecular flexibility index (Phi) is 3.22. The van der Waals surface area contributed by atoms with Gasteiger partial charge in [-0.05, 0) is 60.5 Å². The van der Waals surface area contributed by atoms with E-state index in [0.717, 1.165) is 29.2 Å². The van der Waals surface area contributed by atoms with E-state index in [0.29, 0.717) is 11.3 Å². The smallest absolute Gasteiger partial charge is 0.131 e. The van der Waals surface area contributed by atoms with E-state index < -0.39 is 6.10 Å². The molecule has 2 aliphatic rings. The highest BCUT2D eigenvalue weighted by Gasteiger charge is 2.40. The quantitative estimate of drug-likeness (QED) is 0.855. The fourth-order valence-electron chi connectivity index (χ4n) is 4.66. The van der Waals surface area contributed by atoms with Crippen LogP contribution in [0.5, 0.6) is 0 Å². The molecule has 0 radical (unpaired) electrons. The third kappa shape index (κ3) is 2.26. The summed E-state index contributed by atoms with van der Waals surface area (Å²) in [6.07, 6.45) is 5.72. The van der Waals surface area contributed by atoms with Crippen LogP contribution in [0.2, 0.25) is 0 Å². The molecule has 2 fully saturated rings. The molecule has 2 aliphatic carbocycles. The molecule has 0 heterocycles. The van der Waals surface area contributed by atoms with Crippen LogP contribution in [0.1, 0.15) is 43.8 Å². The van der Waals surface area contributed by atoms with E-state index in [4.69, 9.17) is 0 Å².